The van der Waals surface area contributed by atoms with Crippen molar-refractivity contribution < 1.29 is 9.59 Å². The summed E-state index contributed by atoms with van der Waals surface area (Å²) in [6, 6.07) is 15.8. The lowest BCUT2D eigenvalue weighted by Gasteiger charge is -2.32. The van der Waals surface area contributed by atoms with E-state index in [9.17, 15) is 9.59 Å². The minimum Gasteiger partial charge on any atom is -0.371 e. The van der Waals surface area contributed by atoms with Crippen LogP contribution < -0.4 is 10.2 Å². The number of hydrogen-bond acceptors (Lipinski definition) is 3. The summed E-state index contributed by atoms with van der Waals surface area (Å²) in [5, 5.41) is 3.05. The molecule has 2 aromatic rings. The molecular formula is C25H31N3O2. The second-order valence-corrected chi connectivity index (χ2v) is 8.83. The first-order valence-corrected chi connectivity index (χ1v) is 11.0. The van der Waals surface area contributed by atoms with Gasteiger partial charge in [0.2, 0.25) is 5.91 Å². The monoisotopic (exact) mass is 405 g/mol. The number of hydrogen-bond donors (Lipinski definition) is 1. The minimum atomic E-state index is -0.174. The lowest BCUT2D eigenvalue weighted by atomic mass is 9.96. The van der Waals surface area contributed by atoms with E-state index < -0.39 is 0 Å². The smallest absolute Gasteiger partial charge is 0.253 e. The van der Waals surface area contributed by atoms with Crippen molar-refractivity contribution in [2.45, 2.75) is 33.1 Å². The van der Waals surface area contributed by atoms with Gasteiger partial charge in [0.05, 0.1) is 5.92 Å². The van der Waals surface area contributed by atoms with Gasteiger partial charge in [-0.3, -0.25) is 9.59 Å². The molecule has 5 heteroatoms. The van der Waals surface area contributed by atoms with Gasteiger partial charge >= 0.3 is 0 Å². The van der Waals surface area contributed by atoms with Crippen molar-refractivity contribution in [3.63, 3.8) is 0 Å². The van der Waals surface area contributed by atoms with E-state index in [1.807, 2.05) is 48.2 Å². The largest absolute Gasteiger partial charge is 0.371 e. The number of benzene rings is 2. The quantitative estimate of drug-likeness (QED) is 0.824. The van der Waals surface area contributed by atoms with Gasteiger partial charge in [0.25, 0.3) is 5.91 Å². The topological polar surface area (TPSA) is 52.7 Å². The van der Waals surface area contributed by atoms with Crippen LogP contribution in [0.3, 0.4) is 0 Å². The average Bonchev–Trinajstić information content (AvgIpc) is 3.20. The fraction of sp³-hybridized carbons (Fsp3) is 0.440. The molecule has 2 unspecified atom stereocenters. The summed E-state index contributed by atoms with van der Waals surface area (Å²) in [5.74, 6) is 0.573. The molecule has 158 valence electrons. The molecule has 4 rings (SSSR count). The van der Waals surface area contributed by atoms with Gasteiger partial charge in [0.15, 0.2) is 0 Å². The molecule has 2 aliphatic rings. The van der Waals surface area contributed by atoms with Crippen molar-refractivity contribution in [1.82, 2.24) is 4.90 Å². The third-order valence-electron chi connectivity index (χ3n) is 6.30. The molecule has 30 heavy (non-hydrogen) atoms. The third-order valence-corrected chi connectivity index (χ3v) is 6.30. The Morgan fingerprint density at radius 2 is 1.67 bits per heavy atom. The van der Waals surface area contributed by atoms with E-state index in [1.54, 1.807) is 0 Å². The van der Waals surface area contributed by atoms with Crippen LogP contribution in [-0.4, -0.2) is 42.9 Å². The predicted octanol–water partition coefficient (Wildman–Crippen LogP) is 4.33. The van der Waals surface area contributed by atoms with Gasteiger partial charge in [0, 0.05) is 43.1 Å². The molecule has 5 nitrogen and oxygen atoms in total. The number of rotatable bonds is 4. The van der Waals surface area contributed by atoms with Crippen molar-refractivity contribution >= 4 is 23.2 Å². The highest BCUT2D eigenvalue weighted by atomic mass is 16.2. The van der Waals surface area contributed by atoms with Gasteiger partial charge in [-0.1, -0.05) is 24.6 Å². The normalized spacial score (nSPS) is 21.5. The fourth-order valence-corrected chi connectivity index (χ4v) is 4.42. The zero-order valence-electron chi connectivity index (χ0n) is 17.9. The second kappa shape index (κ2) is 8.90. The van der Waals surface area contributed by atoms with Crippen molar-refractivity contribution in [1.29, 1.82) is 0 Å². The molecule has 2 amide bonds. The van der Waals surface area contributed by atoms with Crippen LogP contribution in [0, 0.1) is 18.8 Å². The molecule has 0 spiro atoms. The minimum absolute atomic E-state index is 0.000971. The molecule has 0 bridgehead atoms. The number of aryl methyl sites for hydroxylation is 1. The molecule has 2 fully saturated rings. The molecule has 0 radical (unpaired) electrons. The Labute approximate surface area is 179 Å². The van der Waals surface area contributed by atoms with Crippen molar-refractivity contribution in [2.24, 2.45) is 11.8 Å². The van der Waals surface area contributed by atoms with E-state index >= 15 is 0 Å². The maximum Gasteiger partial charge on any atom is 0.253 e. The first kappa shape index (κ1) is 20.5. The molecule has 0 saturated carbocycles. The number of amides is 2. The van der Waals surface area contributed by atoms with Gasteiger partial charge in [-0.2, -0.15) is 0 Å². The molecule has 2 aliphatic heterocycles. The number of likely N-dealkylation sites (tertiary alicyclic amines) is 1. The summed E-state index contributed by atoms with van der Waals surface area (Å²) >= 11 is 0. The maximum atomic E-state index is 12.8. The van der Waals surface area contributed by atoms with Crippen LogP contribution in [0.2, 0.25) is 0 Å². The molecule has 2 saturated heterocycles. The van der Waals surface area contributed by atoms with E-state index in [0.717, 1.165) is 43.1 Å². The Morgan fingerprint density at radius 1 is 0.933 bits per heavy atom. The number of piperidine rings is 1. The van der Waals surface area contributed by atoms with E-state index in [1.165, 1.54) is 12.1 Å². The lowest BCUT2D eigenvalue weighted by molar-refractivity contribution is -0.121. The fourth-order valence-electron chi connectivity index (χ4n) is 4.42. The average molecular weight is 406 g/mol. The molecular weight excluding hydrogens is 374 g/mol. The molecule has 2 aromatic carbocycles. The van der Waals surface area contributed by atoms with E-state index in [0.29, 0.717) is 18.7 Å². The van der Waals surface area contributed by atoms with Crippen LogP contribution in [-0.2, 0) is 4.79 Å². The standard InChI is InChI=1S/C25H31N3O2/c1-18-5-7-20(8-6-18)25(30)28-14-3-4-21(17-28)24(29)26-22-9-11-23(12-10-22)27-15-13-19(2)16-27/h5-12,19,21H,3-4,13-17H2,1-2H3,(H,26,29). The lowest BCUT2D eigenvalue weighted by Crippen LogP contribution is -2.43. The van der Waals surface area contributed by atoms with Crippen LogP contribution >= 0.6 is 0 Å². The number of anilines is 2. The molecule has 1 N–H and O–H groups in total. The Morgan fingerprint density at radius 3 is 2.33 bits per heavy atom. The van der Waals surface area contributed by atoms with Crippen molar-refractivity contribution in [3.05, 3.63) is 59.7 Å². The highest BCUT2D eigenvalue weighted by molar-refractivity contribution is 5.96. The summed E-state index contributed by atoms with van der Waals surface area (Å²) in [6.07, 6.45) is 2.90. The van der Waals surface area contributed by atoms with Gasteiger partial charge in [0.1, 0.15) is 0 Å². The van der Waals surface area contributed by atoms with Crippen LogP contribution in [0.25, 0.3) is 0 Å². The van der Waals surface area contributed by atoms with Crippen LogP contribution in [0.5, 0.6) is 0 Å². The van der Waals surface area contributed by atoms with Gasteiger partial charge in [-0.25, -0.2) is 0 Å². The van der Waals surface area contributed by atoms with Crippen molar-refractivity contribution in [2.75, 3.05) is 36.4 Å². The highest BCUT2D eigenvalue weighted by Crippen LogP contribution is 2.26. The summed E-state index contributed by atoms with van der Waals surface area (Å²) in [6.45, 7) is 7.67. The SMILES string of the molecule is Cc1ccc(C(=O)N2CCCC(C(=O)Nc3ccc(N4CCC(C)C4)cc3)C2)cc1. The zero-order valence-corrected chi connectivity index (χ0v) is 17.9. The van der Waals surface area contributed by atoms with Crippen LogP contribution in [0.15, 0.2) is 48.5 Å². The number of nitrogens with one attached hydrogen (secondary N) is 1. The van der Waals surface area contributed by atoms with E-state index in [2.05, 4.69) is 29.3 Å². The first-order chi connectivity index (χ1) is 14.5. The van der Waals surface area contributed by atoms with Crippen molar-refractivity contribution in [3.8, 4) is 0 Å². The Hall–Kier alpha value is -2.82. The summed E-state index contributed by atoms with van der Waals surface area (Å²) in [7, 11) is 0. The van der Waals surface area contributed by atoms with E-state index in [-0.39, 0.29) is 17.7 Å². The van der Waals surface area contributed by atoms with Crippen LogP contribution in [0.4, 0.5) is 11.4 Å². The second-order valence-electron chi connectivity index (χ2n) is 8.83. The van der Waals surface area contributed by atoms with Gasteiger partial charge in [-0.15, -0.1) is 0 Å². The third kappa shape index (κ3) is 4.66. The number of carbonyl (C=O) groups excluding carboxylic acids is 2. The van der Waals surface area contributed by atoms with E-state index in [4.69, 9.17) is 0 Å². The summed E-state index contributed by atoms with van der Waals surface area (Å²) in [5.41, 5.74) is 3.85. The molecule has 0 aromatic heterocycles. The Kier molecular flexibility index (Phi) is 6.07. The molecule has 2 atom stereocenters. The Balaban J connectivity index is 1.35. The molecule has 0 aliphatic carbocycles. The first-order valence-electron chi connectivity index (χ1n) is 11.0. The zero-order chi connectivity index (χ0) is 21.1. The molecule has 2 heterocycles. The summed E-state index contributed by atoms with van der Waals surface area (Å²) < 4.78 is 0. The number of carbonyl (C=O) groups is 2. The number of nitrogens with zero attached hydrogens (tertiary/aromatic N) is 2. The highest BCUT2D eigenvalue weighted by Gasteiger charge is 2.29. The Bertz CT molecular complexity index is 892. The predicted molar refractivity (Wildman–Crippen MR) is 121 cm³/mol. The summed E-state index contributed by atoms with van der Waals surface area (Å²) in [4.78, 5) is 29.9. The van der Waals surface area contributed by atoms with Crippen LogP contribution in [0.1, 0.15) is 42.1 Å². The maximum absolute atomic E-state index is 12.8. The van der Waals surface area contributed by atoms with Gasteiger partial charge in [-0.05, 0) is 68.5 Å². The van der Waals surface area contributed by atoms with Gasteiger partial charge < -0.3 is 15.1 Å².